The Morgan fingerprint density at radius 3 is 2.37 bits per heavy atom. The fraction of sp³-hybridized carbons (Fsp3) is 0.667. The maximum atomic E-state index is 13.1. The van der Waals surface area contributed by atoms with Crippen LogP contribution in [0.2, 0.25) is 0 Å². The van der Waals surface area contributed by atoms with E-state index in [0.29, 0.717) is 11.9 Å². The molecule has 3 aliphatic heterocycles. The summed E-state index contributed by atoms with van der Waals surface area (Å²) >= 11 is 0. The highest BCUT2D eigenvalue weighted by atomic mass is 19.1. The molecule has 0 spiro atoms. The summed E-state index contributed by atoms with van der Waals surface area (Å²) in [5.74, 6) is 0.176. The van der Waals surface area contributed by atoms with Gasteiger partial charge in [0.1, 0.15) is 5.82 Å². The summed E-state index contributed by atoms with van der Waals surface area (Å²) in [4.78, 5) is 21.6. The monoisotopic (exact) mass is 374 g/mol. The van der Waals surface area contributed by atoms with E-state index >= 15 is 0 Å². The first-order valence-corrected chi connectivity index (χ1v) is 10.4. The number of halogens is 1. The zero-order valence-corrected chi connectivity index (χ0v) is 16.2. The van der Waals surface area contributed by atoms with Crippen molar-refractivity contribution in [3.05, 3.63) is 30.1 Å². The Morgan fingerprint density at radius 1 is 0.889 bits per heavy atom. The number of benzene rings is 1. The third-order valence-corrected chi connectivity index (χ3v) is 6.32. The van der Waals surface area contributed by atoms with E-state index in [1.807, 2.05) is 12.1 Å². The lowest BCUT2D eigenvalue weighted by atomic mass is 10.1. The molecule has 1 aromatic rings. The predicted molar refractivity (Wildman–Crippen MR) is 105 cm³/mol. The zero-order chi connectivity index (χ0) is 18.6. The van der Waals surface area contributed by atoms with Gasteiger partial charge in [-0.25, -0.2) is 4.39 Å². The first kappa shape index (κ1) is 18.7. The van der Waals surface area contributed by atoms with Crippen LogP contribution >= 0.6 is 0 Å². The van der Waals surface area contributed by atoms with Crippen LogP contribution in [0.4, 0.5) is 10.1 Å². The van der Waals surface area contributed by atoms with Crippen molar-refractivity contribution in [2.75, 3.05) is 63.8 Å². The van der Waals surface area contributed by atoms with E-state index < -0.39 is 0 Å². The molecule has 0 unspecified atom stereocenters. The lowest BCUT2D eigenvalue weighted by Crippen LogP contribution is -2.63. The van der Waals surface area contributed by atoms with Gasteiger partial charge in [0.2, 0.25) is 5.91 Å². The SMILES string of the molecule is O=C1CCCCCN1CCN1CC(N2CCN(c3ccc(F)cc3)CC2)C1. The van der Waals surface area contributed by atoms with Crippen LogP contribution in [0.25, 0.3) is 0 Å². The van der Waals surface area contributed by atoms with Gasteiger partial charge >= 0.3 is 0 Å². The zero-order valence-electron chi connectivity index (χ0n) is 16.2. The van der Waals surface area contributed by atoms with Gasteiger partial charge in [-0.3, -0.25) is 14.6 Å². The first-order valence-electron chi connectivity index (χ1n) is 10.4. The molecule has 6 heteroatoms. The molecule has 4 rings (SSSR count). The molecular formula is C21H31FN4O. The Balaban J connectivity index is 1.16. The summed E-state index contributed by atoms with van der Waals surface area (Å²) in [7, 11) is 0. The van der Waals surface area contributed by atoms with Crippen LogP contribution in [-0.2, 0) is 4.79 Å². The maximum Gasteiger partial charge on any atom is 0.222 e. The second kappa shape index (κ2) is 8.57. The molecule has 148 valence electrons. The van der Waals surface area contributed by atoms with E-state index in [9.17, 15) is 9.18 Å². The van der Waals surface area contributed by atoms with E-state index in [-0.39, 0.29) is 5.82 Å². The minimum atomic E-state index is -0.172. The van der Waals surface area contributed by atoms with Gasteiger partial charge in [0.15, 0.2) is 0 Å². The van der Waals surface area contributed by atoms with Crippen LogP contribution in [0.1, 0.15) is 25.7 Å². The number of anilines is 1. The third kappa shape index (κ3) is 4.61. The minimum Gasteiger partial charge on any atom is -0.369 e. The van der Waals surface area contributed by atoms with E-state index in [1.165, 1.54) is 6.42 Å². The number of nitrogens with zero attached hydrogens (tertiary/aromatic N) is 4. The molecule has 27 heavy (non-hydrogen) atoms. The maximum absolute atomic E-state index is 13.1. The molecule has 0 aliphatic carbocycles. The molecule has 3 fully saturated rings. The van der Waals surface area contributed by atoms with Gasteiger partial charge in [-0.05, 0) is 37.1 Å². The Bertz CT molecular complexity index is 624. The van der Waals surface area contributed by atoms with Gasteiger partial charge in [-0.1, -0.05) is 6.42 Å². The van der Waals surface area contributed by atoms with Crippen LogP contribution in [0.5, 0.6) is 0 Å². The number of amides is 1. The fourth-order valence-corrected chi connectivity index (χ4v) is 4.49. The summed E-state index contributed by atoms with van der Waals surface area (Å²) in [5.41, 5.74) is 1.12. The lowest BCUT2D eigenvalue weighted by Gasteiger charge is -2.48. The topological polar surface area (TPSA) is 30.0 Å². The average molecular weight is 375 g/mol. The van der Waals surface area contributed by atoms with Crippen LogP contribution in [0.15, 0.2) is 24.3 Å². The average Bonchev–Trinajstić information content (AvgIpc) is 2.86. The van der Waals surface area contributed by atoms with Crippen molar-refractivity contribution >= 4 is 11.6 Å². The summed E-state index contributed by atoms with van der Waals surface area (Å²) in [6.45, 7) is 9.25. The summed E-state index contributed by atoms with van der Waals surface area (Å²) in [6.07, 6.45) is 4.15. The Labute approximate surface area is 161 Å². The van der Waals surface area contributed by atoms with Crippen molar-refractivity contribution in [3.8, 4) is 0 Å². The van der Waals surface area contributed by atoms with E-state index in [4.69, 9.17) is 0 Å². The van der Waals surface area contributed by atoms with Gasteiger partial charge in [-0.2, -0.15) is 0 Å². The molecule has 0 N–H and O–H groups in total. The molecule has 3 heterocycles. The highest BCUT2D eigenvalue weighted by molar-refractivity contribution is 5.76. The van der Waals surface area contributed by atoms with E-state index in [0.717, 1.165) is 83.9 Å². The number of hydrogen-bond donors (Lipinski definition) is 0. The van der Waals surface area contributed by atoms with E-state index in [1.54, 1.807) is 12.1 Å². The van der Waals surface area contributed by atoms with Crippen LogP contribution in [0, 0.1) is 5.82 Å². The molecule has 0 saturated carbocycles. The number of carbonyl (C=O) groups excluding carboxylic acids is 1. The highest BCUT2D eigenvalue weighted by Gasteiger charge is 2.33. The van der Waals surface area contributed by atoms with Crippen molar-refractivity contribution in [3.63, 3.8) is 0 Å². The number of likely N-dealkylation sites (tertiary alicyclic amines) is 2. The van der Waals surface area contributed by atoms with Crippen LogP contribution < -0.4 is 4.90 Å². The van der Waals surface area contributed by atoms with Crippen molar-refractivity contribution < 1.29 is 9.18 Å². The highest BCUT2D eigenvalue weighted by Crippen LogP contribution is 2.21. The van der Waals surface area contributed by atoms with Crippen molar-refractivity contribution in [1.29, 1.82) is 0 Å². The Kier molecular flexibility index (Phi) is 5.93. The van der Waals surface area contributed by atoms with Crippen molar-refractivity contribution in [2.24, 2.45) is 0 Å². The quantitative estimate of drug-likeness (QED) is 0.789. The molecule has 3 aliphatic rings. The lowest BCUT2D eigenvalue weighted by molar-refractivity contribution is -0.131. The molecule has 3 saturated heterocycles. The number of piperazine rings is 1. The van der Waals surface area contributed by atoms with Gasteiger partial charge in [0.25, 0.3) is 0 Å². The van der Waals surface area contributed by atoms with Gasteiger partial charge in [-0.15, -0.1) is 0 Å². The van der Waals surface area contributed by atoms with Gasteiger partial charge in [0.05, 0.1) is 0 Å². The molecule has 0 aromatic heterocycles. The van der Waals surface area contributed by atoms with Crippen molar-refractivity contribution in [1.82, 2.24) is 14.7 Å². The second-order valence-corrected chi connectivity index (χ2v) is 8.10. The summed E-state index contributed by atoms with van der Waals surface area (Å²) < 4.78 is 13.1. The van der Waals surface area contributed by atoms with Gasteiger partial charge < -0.3 is 9.80 Å². The molecule has 0 bridgehead atoms. The van der Waals surface area contributed by atoms with Gasteiger partial charge in [0, 0.05) is 77.1 Å². The molecule has 1 aromatic carbocycles. The fourth-order valence-electron chi connectivity index (χ4n) is 4.49. The van der Waals surface area contributed by atoms with Crippen molar-refractivity contribution in [2.45, 2.75) is 31.7 Å². The molecular weight excluding hydrogens is 343 g/mol. The molecule has 0 atom stereocenters. The normalized spacial score (nSPS) is 23.4. The number of hydrogen-bond acceptors (Lipinski definition) is 4. The molecule has 5 nitrogen and oxygen atoms in total. The third-order valence-electron chi connectivity index (χ3n) is 6.32. The summed E-state index contributed by atoms with van der Waals surface area (Å²) in [6, 6.07) is 7.49. The van der Waals surface area contributed by atoms with Crippen LogP contribution in [-0.4, -0.2) is 85.6 Å². The largest absolute Gasteiger partial charge is 0.369 e. The second-order valence-electron chi connectivity index (χ2n) is 8.10. The number of rotatable bonds is 5. The predicted octanol–water partition coefficient (Wildman–Crippen LogP) is 2.03. The van der Waals surface area contributed by atoms with Crippen LogP contribution in [0.3, 0.4) is 0 Å². The summed E-state index contributed by atoms with van der Waals surface area (Å²) in [5, 5.41) is 0. The Morgan fingerprint density at radius 2 is 1.63 bits per heavy atom. The smallest absolute Gasteiger partial charge is 0.222 e. The van der Waals surface area contributed by atoms with E-state index in [2.05, 4.69) is 19.6 Å². The molecule has 1 amide bonds. The number of carbonyl (C=O) groups is 1. The Hall–Kier alpha value is -1.66. The molecule has 0 radical (unpaired) electrons. The minimum absolute atomic E-state index is 0.172. The first-order chi connectivity index (χ1) is 13.2. The standard InChI is InChI=1S/C21H31FN4O/c22-18-5-7-19(8-6-18)24-12-14-25(15-13-24)20-16-23(17-20)10-11-26-9-3-1-2-4-21(26)27/h5-8,20H,1-4,9-17H2.